The molecule has 0 aliphatic carbocycles. The van der Waals surface area contributed by atoms with Gasteiger partial charge in [-0.25, -0.2) is 9.97 Å². The fourth-order valence-electron chi connectivity index (χ4n) is 2.26. The largest absolute Gasteiger partial charge is 0.359 e. The minimum Gasteiger partial charge on any atom is -0.359 e. The summed E-state index contributed by atoms with van der Waals surface area (Å²) in [7, 11) is 0. The second-order valence-electron chi connectivity index (χ2n) is 4.36. The first-order valence-corrected chi connectivity index (χ1v) is 6.45. The summed E-state index contributed by atoms with van der Waals surface area (Å²) < 4.78 is 0. The summed E-state index contributed by atoms with van der Waals surface area (Å²) in [6, 6.07) is 9.53. The van der Waals surface area contributed by atoms with Gasteiger partial charge in [0.1, 0.15) is 12.0 Å². The standard InChI is InChI=1S/C15H14N4O/c1-2-19(15(20)13-7-8-16-10-18-13)14-9-17-12-6-4-3-5-11(12)14/h3-10,17H,2H2,1H3. The normalized spacial score (nSPS) is 10.7. The number of anilines is 1. The number of carbonyl (C=O) groups excluding carboxylic acids is 1. The van der Waals surface area contributed by atoms with E-state index in [0.29, 0.717) is 12.2 Å². The first-order valence-electron chi connectivity index (χ1n) is 6.45. The average molecular weight is 266 g/mol. The minimum absolute atomic E-state index is 0.125. The van der Waals surface area contributed by atoms with Crippen LogP contribution in [-0.2, 0) is 0 Å². The van der Waals surface area contributed by atoms with Crippen LogP contribution in [0.4, 0.5) is 5.69 Å². The highest BCUT2D eigenvalue weighted by Gasteiger charge is 2.19. The van der Waals surface area contributed by atoms with Crippen molar-refractivity contribution in [2.75, 3.05) is 11.4 Å². The predicted molar refractivity (Wildman–Crippen MR) is 77.7 cm³/mol. The van der Waals surface area contributed by atoms with Gasteiger partial charge in [0.25, 0.3) is 5.91 Å². The Morgan fingerprint density at radius 3 is 2.90 bits per heavy atom. The molecule has 0 bridgehead atoms. The van der Waals surface area contributed by atoms with Crippen molar-refractivity contribution >= 4 is 22.5 Å². The van der Waals surface area contributed by atoms with E-state index in [1.807, 2.05) is 37.4 Å². The minimum atomic E-state index is -0.125. The van der Waals surface area contributed by atoms with E-state index >= 15 is 0 Å². The van der Waals surface area contributed by atoms with Gasteiger partial charge in [-0.2, -0.15) is 0 Å². The van der Waals surface area contributed by atoms with Crippen LogP contribution in [0.25, 0.3) is 10.9 Å². The molecule has 1 N–H and O–H groups in total. The number of hydrogen-bond donors (Lipinski definition) is 1. The third-order valence-electron chi connectivity index (χ3n) is 3.22. The average Bonchev–Trinajstić information content (AvgIpc) is 2.93. The van der Waals surface area contributed by atoms with E-state index in [2.05, 4.69) is 15.0 Å². The van der Waals surface area contributed by atoms with Gasteiger partial charge >= 0.3 is 0 Å². The second-order valence-corrected chi connectivity index (χ2v) is 4.36. The van der Waals surface area contributed by atoms with Crippen molar-refractivity contribution in [1.82, 2.24) is 15.0 Å². The Labute approximate surface area is 116 Å². The van der Waals surface area contributed by atoms with Gasteiger partial charge in [-0.1, -0.05) is 18.2 Å². The molecule has 20 heavy (non-hydrogen) atoms. The summed E-state index contributed by atoms with van der Waals surface area (Å²) >= 11 is 0. The molecular weight excluding hydrogens is 252 g/mol. The van der Waals surface area contributed by atoms with Crippen LogP contribution in [-0.4, -0.2) is 27.4 Å². The quantitative estimate of drug-likeness (QED) is 0.792. The Kier molecular flexibility index (Phi) is 3.16. The Morgan fingerprint density at radius 1 is 1.30 bits per heavy atom. The molecule has 100 valence electrons. The van der Waals surface area contributed by atoms with Gasteiger partial charge in [0.2, 0.25) is 0 Å². The van der Waals surface area contributed by atoms with E-state index in [0.717, 1.165) is 16.6 Å². The van der Waals surface area contributed by atoms with Crippen LogP contribution < -0.4 is 4.90 Å². The number of rotatable bonds is 3. The molecule has 0 spiro atoms. The number of para-hydroxylation sites is 1. The van der Waals surface area contributed by atoms with Gasteiger partial charge in [0.15, 0.2) is 0 Å². The Bertz CT molecular complexity index is 736. The molecule has 2 heterocycles. The number of nitrogens with zero attached hydrogens (tertiary/aromatic N) is 3. The van der Waals surface area contributed by atoms with E-state index in [-0.39, 0.29) is 5.91 Å². The first-order chi connectivity index (χ1) is 9.81. The maximum absolute atomic E-state index is 12.5. The lowest BCUT2D eigenvalue weighted by atomic mass is 10.2. The number of H-pyrrole nitrogens is 1. The summed E-state index contributed by atoms with van der Waals surface area (Å²) in [5.41, 5.74) is 2.27. The maximum Gasteiger partial charge on any atom is 0.277 e. The maximum atomic E-state index is 12.5. The molecule has 5 nitrogen and oxygen atoms in total. The molecule has 1 aromatic carbocycles. The first kappa shape index (κ1) is 12.3. The summed E-state index contributed by atoms with van der Waals surface area (Å²) in [6.45, 7) is 2.52. The van der Waals surface area contributed by atoms with Crippen LogP contribution in [0.5, 0.6) is 0 Å². The van der Waals surface area contributed by atoms with E-state index < -0.39 is 0 Å². The smallest absolute Gasteiger partial charge is 0.277 e. The van der Waals surface area contributed by atoms with Gasteiger partial charge in [-0.3, -0.25) is 4.79 Å². The van der Waals surface area contributed by atoms with Gasteiger partial charge in [-0.05, 0) is 19.1 Å². The number of nitrogens with one attached hydrogen (secondary N) is 1. The lowest BCUT2D eigenvalue weighted by molar-refractivity contribution is 0.0983. The summed E-state index contributed by atoms with van der Waals surface area (Å²) in [5.74, 6) is -0.125. The van der Waals surface area contributed by atoms with Crippen molar-refractivity contribution in [2.24, 2.45) is 0 Å². The molecule has 1 amide bonds. The lowest BCUT2D eigenvalue weighted by Gasteiger charge is -2.19. The molecule has 3 rings (SSSR count). The Hall–Kier alpha value is -2.69. The Morgan fingerprint density at radius 2 is 2.15 bits per heavy atom. The number of amides is 1. The van der Waals surface area contributed by atoms with Crippen molar-refractivity contribution in [3.63, 3.8) is 0 Å². The monoisotopic (exact) mass is 266 g/mol. The highest BCUT2D eigenvalue weighted by Crippen LogP contribution is 2.27. The molecule has 0 radical (unpaired) electrons. The van der Waals surface area contributed by atoms with Crippen LogP contribution in [0.1, 0.15) is 17.4 Å². The molecule has 0 fully saturated rings. The third-order valence-corrected chi connectivity index (χ3v) is 3.22. The predicted octanol–water partition coefficient (Wildman–Crippen LogP) is 2.62. The number of carbonyl (C=O) groups is 1. The van der Waals surface area contributed by atoms with Gasteiger partial charge in [0.05, 0.1) is 5.69 Å². The van der Waals surface area contributed by atoms with Crippen LogP contribution in [0.15, 0.2) is 49.1 Å². The van der Waals surface area contributed by atoms with Crippen molar-refractivity contribution in [3.8, 4) is 0 Å². The Balaban J connectivity index is 2.04. The highest BCUT2D eigenvalue weighted by molar-refractivity contribution is 6.09. The molecule has 0 saturated heterocycles. The fraction of sp³-hybridized carbons (Fsp3) is 0.133. The van der Waals surface area contributed by atoms with Crippen LogP contribution in [0, 0.1) is 0 Å². The zero-order valence-electron chi connectivity index (χ0n) is 11.1. The van der Waals surface area contributed by atoms with Crippen LogP contribution in [0.3, 0.4) is 0 Å². The van der Waals surface area contributed by atoms with Crippen molar-refractivity contribution in [3.05, 3.63) is 54.7 Å². The highest BCUT2D eigenvalue weighted by atomic mass is 16.2. The number of fused-ring (bicyclic) bond motifs is 1. The molecule has 0 unspecified atom stereocenters. The van der Waals surface area contributed by atoms with E-state index in [4.69, 9.17) is 0 Å². The molecule has 5 heteroatoms. The van der Waals surface area contributed by atoms with Crippen molar-refractivity contribution < 1.29 is 4.79 Å². The number of aromatic nitrogens is 3. The third kappa shape index (κ3) is 2.03. The van der Waals surface area contributed by atoms with Gasteiger partial charge in [0, 0.05) is 29.8 Å². The number of benzene rings is 1. The van der Waals surface area contributed by atoms with E-state index in [1.54, 1.807) is 17.2 Å². The topological polar surface area (TPSA) is 61.9 Å². The van der Waals surface area contributed by atoms with Crippen molar-refractivity contribution in [1.29, 1.82) is 0 Å². The molecule has 0 aliphatic rings. The van der Waals surface area contributed by atoms with Gasteiger partial charge in [-0.15, -0.1) is 0 Å². The number of hydrogen-bond acceptors (Lipinski definition) is 3. The number of aromatic amines is 1. The zero-order chi connectivity index (χ0) is 13.9. The fourth-order valence-corrected chi connectivity index (χ4v) is 2.26. The lowest BCUT2D eigenvalue weighted by Crippen LogP contribution is -2.31. The molecule has 0 atom stereocenters. The zero-order valence-corrected chi connectivity index (χ0v) is 11.1. The summed E-state index contributed by atoms with van der Waals surface area (Å²) in [5, 5.41) is 1.02. The summed E-state index contributed by atoms with van der Waals surface area (Å²) in [4.78, 5) is 25.3. The van der Waals surface area contributed by atoms with Crippen molar-refractivity contribution in [2.45, 2.75) is 6.92 Å². The van der Waals surface area contributed by atoms with Crippen LogP contribution in [0.2, 0.25) is 0 Å². The van der Waals surface area contributed by atoms with Gasteiger partial charge < -0.3 is 9.88 Å². The SMILES string of the molecule is CCN(C(=O)c1ccncn1)c1c[nH]c2ccccc12. The molecule has 2 aromatic heterocycles. The second kappa shape index (κ2) is 5.13. The van der Waals surface area contributed by atoms with E-state index in [1.165, 1.54) is 6.33 Å². The summed E-state index contributed by atoms with van der Waals surface area (Å²) in [6.07, 6.45) is 4.81. The molecule has 0 saturated carbocycles. The molecule has 3 aromatic rings. The molecular formula is C15H14N4O. The van der Waals surface area contributed by atoms with Crippen LogP contribution >= 0.6 is 0 Å². The van der Waals surface area contributed by atoms with E-state index in [9.17, 15) is 4.79 Å². The molecule has 0 aliphatic heterocycles.